The number of nitrogens with one attached hydrogen (secondary N) is 2. The summed E-state index contributed by atoms with van der Waals surface area (Å²) in [6, 6.07) is 7.87. The van der Waals surface area contributed by atoms with Crippen LogP contribution in [-0.2, 0) is 7.05 Å². The van der Waals surface area contributed by atoms with Gasteiger partial charge in [0.1, 0.15) is 23.0 Å². The van der Waals surface area contributed by atoms with Crippen LogP contribution in [0, 0.1) is 31.3 Å². The predicted octanol–water partition coefficient (Wildman–Crippen LogP) is 4.60. The molecule has 0 atom stereocenters. The third-order valence-corrected chi connectivity index (χ3v) is 5.49. The molecule has 0 aliphatic rings. The number of pyridine rings is 2. The molecular weight excluding hydrogens is 461 g/mol. The van der Waals surface area contributed by atoms with Gasteiger partial charge in [-0.05, 0) is 49.2 Å². The monoisotopic (exact) mass is 480 g/mol. The summed E-state index contributed by atoms with van der Waals surface area (Å²) in [4.78, 5) is 41.8. The van der Waals surface area contributed by atoms with Crippen LogP contribution in [0.2, 0.25) is 0 Å². The van der Waals surface area contributed by atoms with E-state index in [0.29, 0.717) is 23.3 Å². The van der Waals surface area contributed by atoms with Crippen LogP contribution in [0.1, 0.15) is 21.6 Å². The Bertz CT molecular complexity index is 1560. The molecule has 0 saturated carbocycles. The minimum atomic E-state index is -1.44. The molecule has 0 aliphatic heterocycles. The zero-order chi connectivity index (χ0) is 25.4. The highest BCUT2D eigenvalue weighted by Gasteiger charge is 2.21. The van der Waals surface area contributed by atoms with E-state index in [2.05, 4.69) is 10.3 Å². The third-order valence-electron chi connectivity index (χ3n) is 5.49. The fourth-order valence-electron chi connectivity index (χ4n) is 3.73. The molecule has 4 aromatic rings. The van der Waals surface area contributed by atoms with Gasteiger partial charge >= 0.3 is 6.03 Å². The first-order valence-corrected chi connectivity index (χ1v) is 10.4. The van der Waals surface area contributed by atoms with Crippen LogP contribution in [-0.4, -0.2) is 21.5 Å². The van der Waals surface area contributed by atoms with Crippen LogP contribution in [0.15, 0.2) is 53.5 Å². The van der Waals surface area contributed by atoms with Gasteiger partial charge in [0.25, 0.3) is 11.5 Å². The number of imide groups is 1. The summed E-state index contributed by atoms with van der Waals surface area (Å²) in [5.41, 5.74) is 2.02. The highest BCUT2D eigenvalue weighted by Crippen LogP contribution is 2.27. The molecule has 2 aromatic heterocycles. The second-order valence-electron chi connectivity index (χ2n) is 7.99. The van der Waals surface area contributed by atoms with Gasteiger partial charge in [0.15, 0.2) is 0 Å². The van der Waals surface area contributed by atoms with Gasteiger partial charge in [0.05, 0.1) is 5.52 Å². The summed E-state index contributed by atoms with van der Waals surface area (Å²) >= 11 is 0. The van der Waals surface area contributed by atoms with E-state index in [4.69, 9.17) is 0 Å². The van der Waals surface area contributed by atoms with Crippen molar-refractivity contribution in [1.82, 2.24) is 14.9 Å². The maximum atomic E-state index is 13.8. The summed E-state index contributed by atoms with van der Waals surface area (Å²) < 4.78 is 42.2. The summed E-state index contributed by atoms with van der Waals surface area (Å²) in [5, 5.41) is 4.95. The lowest BCUT2D eigenvalue weighted by molar-refractivity contribution is 0.0958. The zero-order valence-corrected chi connectivity index (χ0v) is 18.9. The number of aromatic nitrogens is 2. The number of carbonyl (C=O) groups excluding carboxylic acids is 2. The number of anilines is 1. The van der Waals surface area contributed by atoms with E-state index in [1.807, 2.05) is 6.92 Å². The molecule has 0 fully saturated rings. The molecule has 35 heavy (non-hydrogen) atoms. The number of hydrogen-bond acceptors (Lipinski definition) is 4. The van der Waals surface area contributed by atoms with Gasteiger partial charge in [-0.25, -0.2) is 18.0 Å². The molecule has 0 unspecified atom stereocenters. The molecular formula is C25H19F3N4O3. The van der Waals surface area contributed by atoms with E-state index in [1.54, 1.807) is 55.8 Å². The average Bonchev–Trinajstić information content (AvgIpc) is 2.77. The van der Waals surface area contributed by atoms with Crippen molar-refractivity contribution in [3.8, 4) is 11.1 Å². The molecule has 0 radical (unpaired) electrons. The third kappa shape index (κ3) is 4.63. The Hall–Kier alpha value is -4.47. The Morgan fingerprint density at radius 2 is 1.63 bits per heavy atom. The number of benzene rings is 2. The van der Waals surface area contributed by atoms with Gasteiger partial charge in [-0.2, -0.15) is 0 Å². The zero-order valence-electron chi connectivity index (χ0n) is 18.9. The van der Waals surface area contributed by atoms with Gasteiger partial charge < -0.3 is 9.88 Å². The van der Waals surface area contributed by atoms with Gasteiger partial charge in [-0.15, -0.1) is 0 Å². The number of aryl methyl sites for hydroxylation is 3. The largest absolute Gasteiger partial charge is 0.326 e. The molecule has 3 amide bonds. The SMILES string of the molecule is Cc1cc2c(cn1)cc(-c1cc(NC(=O)NC(=O)c3c(F)cc(F)cc3F)ccc1C)c(=O)n2C. The molecule has 0 aliphatic carbocycles. The Balaban J connectivity index is 1.63. The molecule has 4 rings (SSSR count). The number of fused-ring (bicyclic) bond motifs is 1. The van der Waals surface area contributed by atoms with Crippen molar-refractivity contribution in [3.63, 3.8) is 0 Å². The molecule has 0 spiro atoms. The molecule has 7 nitrogen and oxygen atoms in total. The highest BCUT2D eigenvalue weighted by atomic mass is 19.1. The van der Waals surface area contributed by atoms with Crippen LogP contribution in [0.4, 0.5) is 23.7 Å². The van der Waals surface area contributed by atoms with E-state index < -0.39 is 35.0 Å². The van der Waals surface area contributed by atoms with E-state index >= 15 is 0 Å². The lowest BCUT2D eigenvalue weighted by atomic mass is 9.99. The normalized spacial score (nSPS) is 10.9. The first-order chi connectivity index (χ1) is 16.5. The summed E-state index contributed by atoms with van der Waals surface area (Å²) in [6.07, 6.45) is 1.66. The Morgan fingerprint density at radius 3 is 2.31 bits per heavy atom. The Labute approximate surface area is 197 Å². The topological polar surface area (TPSA) is 93.1 Å². The fourth-order valence-corrected chi connectivity index (χ4v) is 3.73. The summed E-state index contributed by atoms with van der Waals surface area (Å²) in [6.45, 7) is 3.62. The predicted molar refractivity (Wildman–Crippen MR) is 125 cm³/mol. The van der Waals surface area contributed by atoms with E-state index in [1.165, 1.54) is 4.57 Å². The lowest BCUT2D eigenvalue weighted by Crippen LogP contribution is -2.35. The number of rotatable bonds is 3. The van der Waals surface area contributed by atoms with Crippen molar-refractivity contribution >= 4 is 28.5 Å². The summed E-state index contributed by atoms with van der Waals surface area (Å²) in [5.74, 6) is -5.46. The Kier molecular flexibility index (Phi) is 6.12. The van der Waals surface area contributed by atoms with Crippen molar-refractivity contribution in [2.24, 2.45) is 7.05 Å². The van der Waals surface area contributed by atoms with Crippen molar-refractivity contribution in [3.05, 3.63) is 93.3 Å². The highest BCUT2D eigenvalue weighted by molar-refractivity contribution is 6.08. The number of nitrogens with zero attached hydrogens (tertiary/aromatic N) is 2. The minimum absolute atomic E-state index is 0.222. The van der Waals surface area contributed by atoms with Crippen LogP contribution >= 0.6 is 0 Å². The van der Waals surface area contributed by atoms with Crippen molar-refractivity contribution < 1.29 is 22.8 Å². The lowest BCUT2D eigenvalue weighted by Gasteiger charge is -2.13. The van der Waals surface area contributed by atoms with Crippen LogP contribution in [0.3, 0.4) is 0 Å². The first kappa shape index (κ1) is 23.7. The molecule has 2 aromatic carbocycles. The Morgan fingerprint density at radius 1 is 0.943 bits per heavy atom. The first-order valence-electron chi connectivity index (χ1n) is 10.4. The quantitative estimate of drug-likeness (QED) is 0.448. The minimum Gasteiger partial charge on any atom is -0.311 e. The van der Waals surface area contributed by atoms with E-state index in [-0.39, 0.29) is 11.2 Å². The number of hydrogen-bond donors (Lipinski definition) is 2. The number of halogens is 3. The van der Waals surface area contributed by atoms with Gasteiger partial charge in [-0.3, -0.25) is 19.9 Å². The second kappa shape index (κ2) is 9.05. The van der Waals surface area contributed by atoms with Crippen LogP contribution in [0.25, 0.3) is 22.0 Å². The van der Waals surface area contributed by atoms with E-state index in [0.717, 1.165) is 22.2 Å². The van der Waals surface area contributed by atoms with E-state index in [9.17, 15) is 27.6 Å². The maximum absolute atomic E-state index is 13.8. The number of urea groups is 1. The second-order valence-corrected chi connectivity index (χ2v) is 7.99. The number of amides is 3. The molecule has 10 heteroatoms. The standard InChI is InChI=1S/C25H19F3N4O3/c1-12-4-5-16(30-25(35)31-23(33)22-19(27)8-15(26)9-20(22)28)10-17(12)18-7-14-11-29-13(2)6-21(14)32(3)24(18)34/h4-11H,1-3H3,(H2,30,31,33,35). The number of carbonyl (C=O) groups is 2. The fraction of sp³-hybridized carbons (Fsp3) is 0.120. The molecule has 2 N–H and O–H groups in total. The van der Waals surface area contributed by atoms with Crippen LogP contribution < -0.4 is 16.2 Å². The van der Waals surface area contributed by atoms with Crippen molar-refractivity contribution in [1.29, 1.82) is 0 Å². The average molecular weight is 480 g/mol. The van der Waals surface area contributed by atoms with Gasteiger partial charge in [-0.1, -0.05) is 6.07 Å². The maximum Gasteiger partial charge on any atom is 0.326 e. The smallest absolute Gasteiger partial charge is 0.311 e. The summed E-state index contributed by atoms with van der Waals surface area (Å²) in [7, 11) is 1.65. The molecule has 2 heterocycles. The van der Waals surface area contributed by atoms with Gasteiger partial charge in [0, 0.05) is 47.7 Å². The molecule has 0 bridgehead atoms. The van der Waals surface area contributed by atoms with Gasteiger partial charge in [0.2, 0.25) is 0 Å². The van der Waals surface area contributed by atoms with Crippen LogP contribution in [0.5, 0.6) is 0 Å². The van der Waals surface area contributed by atoms with Crippen molar-refractivity contribution in [2.45, 2.75) is 13.8 Å². The molecule has 178 valence electrons. The van der Waals surface area contributed by atoms with Crippen molar-refractivity contribution in [2.75, 3.05) is 5.32 Å². The molecule has 0 saturated heterocycles.